The molecule has 0 spiro atoms. The van der Waals surface area contributed by atoms with E-state index in [0.29, 0.717) is 0 Å². The van der Waals surface area contributed by atoms with E-state index in [0.717, 1.165) is 11.8 Å². The van der Waals surface area contributed by atoms with Crippen molar-refractivity contribution in [3.8, 4) is 0 Å². The smallest absolute Gasteiger partial charge is 0.258 e. The Balaban J connectivity index is 2.27. The van der Waals surface area contributed by atoms with Gasteiger partial charge < -0.3 is 4.90 Å². The number of hydrogen-bond donors (Lipinski definition) is 0. The Kier molecular flexibility index (Phi) is 3.14. The van der Waals surface area contributed by atoms with Crippen molar-refractivity contribution in [1.29, 1.82) is 0 Å². The van der Waals surface area contributed by atoms with E-state index in [4.69, 9.17) is 0 Å². The summed E-state index contributed by atoms with van der Waals surface area (Å²) in [7, 11) is 1.65. The SMILES string of the molecule is CN(C(=O)c1ccnc(F)c1)c1ccccc1. The number of pyridine rings is 1. The molecular formula is C13H11FN2O. The molecular weight excluding hydrogens is 219 g/mol. The number of carbonyl (C=O) groups excluding carboxylic acids is 1. The predicted octanol–water partition coefficient (Wildman–Crippen LogP) is 2.50. The molecule has 0 atom stereocenters. The van der Waals surface area contributed by atoms with Crippen LogP contribution in [0.1, 0.15) is 10.4 Å². The van der Waals surface area contributed by atoms with E-state index in [2.05, 4.69) is 4.98 Å². The molecule has 0 saturated heterocycles. The van der Waals surface area contributed by atoms with Crippen LogP contribution in [0.25, 0.3) is 0 Å². The third-order valence-corrected chi connectivity index (χ3v) is 2.42. The van der Waals surface area contributed by atoms with E-state index in [9.17, 15) is 9.18 Å². The standard InChI is InChI=1S/C13H11FN2O/c1-16(11-5-3-2-4-6-11)13(17)10-7-8-15-12(14)9-10/h2-9H,1H3. The van der Waals surface area contributed by atoms with Crippen molar-refractivity contribution < 1.29 is 9.18 Å². The molecule has 3 nitrogen and oxygen atoms in total. The zero-order valence-corrected chi connectivity index (χ0v) is 9.30. The summed E-state index contributed by atoms with van der Waals surface area (Å²) < 4.78 is 12.9. The molecule has 2 aromatic rings. The van der Waals surface area contributed by atoms with E-state index in [1.807, 2.05) is 30.3 Å². The Bertz CT molecular complexity index is 528. The average molecular weight is 230 g/mol. The minimum atomic E-state index is -0.655. The van der Waals surface area contributed by atoms with Crippen molar-refractivity contribution in [3.05, 3.63) is 60.2 Å². The summed E-state index contributed by atoms with van der Waals surface area (Å²) in [5.41, 5.74) is 1.04. The second-order valence-corrected chi connectivity index (χ2v) is 3.57. The van der Waals surface area contributed by atoms with Crippen LogP contribution >= 0.6 is 0 Å². The molecule has 1 heterocycles. The molecule has 0 N–H and O–H groups in total. The first kappa shape index (κ1) is 11.3. The van der Waals surface area contributed by atoms with Crippen molar-refractivity contribution in [2.24, 2.45) is 0 Å². The van der Waals surface area contributed by atoms with Gasteiger partial charge in [0.25, 0.3) is 5.91 Å². The van der Waals surface area contributed by atoms with Gasteiger partial charge in [0.05, 0.1) is 0 Å². The molecule has 17 heavy (non-hydrogen) atoms. The number of carbonyl (C=O) groups is 1. The highest BCUT2D eigenvalue weighted by molar-refractivity contribution is 6.05. The lowest BCUT2D eigenvalue weighted by atomic mass is 10.2. The summed E-state index contributed by atoms with van der Waals surface area (Å²) in [4.78, 5) is 16.9. The lowest BCUT2D eigenvalue weighted by Gasteiger charge is -2.17. The van der Waals surface area contributed by atoms with Gasteiger partial charge in [-0.3, -0.25) is 4.79 Å². The molecule has 86 valence electrons. The molecule has 0 aliphatic heterocycles. The minimum absolute atomic E-state index is 0.266. The van der Waals surface area contributed by atoms with Crippen LogP contribution < -0.4 is 4.90 Å². The molecule has 1 amide bonds. The summed E-state index contributed by atoms with van der Waals surface area (Å²) >= 11 is 0. The number of rotatable bonds is 2. The number of nitrogens with zero attached hydrogens (tertiary/aromatic N) is 2. The topological polar surface area (TPSA) is 33.2 Å². The Morgan fingerprint density at radius 2 is 1.94 bits per heavy atom. The highest BCUT2D eigenvalue weighted by Gasteiger charge is 2.13. The van der Waals surface area contributed by atoms with Crippen LogP contribution in [0.4, 0.5) is 10.1 Å². The molecule has 0 fully saturated rings. The summed E-state index contributed by atoms with van der Waals surface area (Å²) in [6, 6.07) is 11.8. The van der Waals surface area contributed by atoms with E-state index < -0.39 is 5.95 Å². The van der Waals surface area contributed by atoms with E-state index in [1.165, 1.54) is 17.2 Å². The number of aromatic nitrogens is 1. The van der Waals surface area contributed by atoms with Gasteiger partial charge in [0.2, 0.25) is 5.95 Å². The Morgan fingerprint density at radius 3 is 2.59 bits per heavy atom. The fraction of sp³-hybridized carbons (Fsp3) is 0.0769. The molecule has 0 aliphatic carbocycles. The normalized spacial score (nSPS) is 10.0. The third-order valence-electron chi connectivity index (χ3n) is 2.42. The van der Waals surface area contributed by atoms with Crippen molar-refractivity contribution in [1.82, 2.24) is 4.98 Å². The first-order valence-electron chi connectivity index (χ1n) is 5.13. The van der Waals surface area contributed by atoms with Crippen molar-refractivity contribution >= 4 is 11.6 Å². The van der Waals surface area contributed by atoms with E-state index in [-0.39, 0.29) is 11.5 Å². The number of anilines is 1. The first-order valence-corrected chi connectivity index (χ1v) is 5.13. The zero-order valence-electron chi connectivity index (χ0n) is 9.30. The quantitative estimate of drug-likeness (QED) is 0.742. The van der Waals surface area contributed by atoms with Gasteiger partial charge >= 0.3 is 0 Å². The van der Waals surface area contributed by atoms with Crippen LogP contribution in [-0.4, -0.2) is 17.9 Å². The monoisotopic (exact) mass is 230 g/mol. The van der Waals surface area contributed by atoms with Crippen LogP contribution in [-0.2, 0) is 0 Å². The first-order chi connectivity index (χ1) is 8.18. The van der Waals surface area contributed by atoms with Gasteiger partial charge in [0.1, 0.15) is 0 Å². The number of amides is 1. The van der Waals surface area contributed by atoms with Gasteiger partial charge in [-0.05, 0) is 18.2 Å². The lowest BCUT2D eigenvalue weighted by molar-refractivity contribution is 0.0992. The fourth-order valence-electron chi connectivity index (χ4n) is 1.50. The number of hydrogen-bond acceptors (Lipinski definition) is 2. The molecule has 4 heteroatoms. The molecule has 0 saturated carbocycles. The van der Waals surface area contributed by atoms with E-state index in [1.54, 1.807) is 7.05 Å². The second kappa shape index (κ2) is 4.74. The van der Waals surface area contributed by atoms with Gasteiger partial charge in [-0.2, -0.15) is 4.39 Å². The average Bonchev–Trinajstić information content (AvgIpc) is 2.38. The van der Waals surface area contributed by atoms with Gasteiger partial charge in [0, 0.05) is 30.6 Å². The number of para-hydroxylation sites is 1. The predicted molar refractivity (Wildman–Crippen MR) is 63.4 cm³/mol. The van der Waals surface area contributed by atoms with Crippen LogP contribution in [0.5, 0.6) is 0 Å². The lowest BCUT2D eigenvalue weighted by Crippen LogP contribution is -2.26. The molecule has 2 rings (SSSR count). The summed E-state index contributed by atoms with van der Waals surface area (Å²) in [5.74, 6) is -0.921. The molecule has 0 bridgehead atoms. The second-order valence-electron chi connectivity index (χ2n) is 3.57. The number of benzene rings is 1. The van der Waals surface area contributed by atoms with Crippen molar-refractivity contribution in [2.75, 3.05) is 11.9 Å². The van der Waals surface area contributed by atoms with Crippen LogP contribution in [0.3, 0.4) is 0 Å². The van der Waals surface area contributed by atoms with Gasteiger partial charge in [-0.1, -0.05) is 18.2 Å². The Hall–Kier alpha value is -2.23. The van der Waals surface area contributed by atoms with Gasteiger partial charge in [0.15, 0.2) is 0 Å². The highest BCUT2D eigenvalue weighted by Crippen LogP contribution is 2.14. The summed E-state index contributed by atoms with van der Waals surface area (Å²) in [5, 5.41) is 0. The molecule has 0 radical (unpaired) electrons. The fourth-order valence-corrected chi connectivity index (χ4v) is 1.50. The Morgan fingerprint density at radius 1 is 1.24 bits per heavy atom. The maximum atomic E-state index is 12.9. The molecule has 1 aromatic heterocycles. The molecule has 0 unspecified atom stereocenters. The van der Waals surface area contributed by atoms with Crippen LogP contribution in [0.2, 0.25) is 0 Å². The highest BCUT2D eigenvalue weighted by atomic mass is 19.1. The van der Waals surface area contributed by atoms with Crippen LogP contribution in [0, 0.1) is 5.95 Å². The maximum absolute atomic E-state index is 12.9. The van der Waals surface area contributed by atoms with Crippen molar-refractivity contribution in [3.63, 3.8) is 0 Å². The third kappa shape index (κ3) is 2.47. The molecule has 0 aliphatic rings. The van der Waals surface area contributed by atoms with Gasteiger partial charge in [-0.15, -0.1) is 0 Å². The maximum Gasteiger partial charge on any atom is 0.258 e. The van der Waals surface area contributed by atoms with E-state index >= 15 is 0 Å². The van der Waals surface area contributed by atoms with Gasteiger partial charge in [-0.25, -0.2) is 4.98 Å². The number of halogens is 1. The largest absolute Gasteiger partial charge is 0.311 e. The van der Waals surface area contributed by atoms with Crippen molar-refractivity contribution in [2.45, 2.75) is 0 Å². The van der Waals surface area contributed by atoms with Crippen LogP contribution in [0.15, 0.2) is 48.7 Å². The summed E-state index contributed by atoms with van der Waals surface area (Å²) in [6.07, 6.45) is 1.28. The minimum Gasteiger partial charge on any atom is -0.311 e. The summed E-state index contributed by atoms with van der Waals surface area (Å²) in [6.45, 7) is 0. The molecule has 1 aromatic carbocycles. The Labute approximate surface area is 98.5 Å². The zero-order chi connectivity index (χ0) is 12.3.